The molecule has 2 rings (SSSR count). The third-order valence-corrected chi connectivity index (χ3v) is 3.14. The molecule has 1 amide bonds. The lowest BCUT2D eigenvalue weighted by atomic mass is 10.3. The zero-order chi connectivity index (χ0) is 12.4. The van der Waals surface area contributed by atoms with Crippen LogP contribution >= 0.6 is 0 Å². The van der Waals surface area contributed by atoms with Gasteiger partial charge >= 0.3 is 0 Å². The van der Waals surface area contributed by atoms with E-state index in [4.69, 9.17) is 10.5 Å². The summed E-state index contributed by atoms with van der Waals surface area (Å²) in [5.74, 6) is -0.0543. The van der Waals surface area contributed by atoms with Crippen molar-refractivity contribution in [3.8, 4) is 0 Å². The summed E-state index contributed by atoms with van der Waals surface area (Å²) >= 11 is 0. The highest BCUT2D eigenvalue weighted by molar-refractivity contribution is 5.97. The van der Waals surface area contributed by atoms with Crippen LogP contribution < -0.4 is 5.73 Å². The number of ether oxygens (including phenoxy) is 1. The van der Waals surface area contributed by atoms with Crippen molar-refractivity contribution in [2.75, 3.05) is 25.9 Å². The van der Waals surface area contributed by atoms with Crippen LogP contribution in [0, 0.1) is 0 Å². The number of hydrogen-bond donors (Lipinski definition) is 1. The standard InChI is InChI=1S/C11H18N4O2/c1-3-15-10(9(12)6-13-15)11(16)14-5-4-8(7-14)17-2/h6,8H,3-5,7,12H2,1-2H3. The number of methoxy groups -OCH3 is 1. The van der Waals surface area contributed by atoms with Crippen LogP contribution in [0.2, 0.25) is 0 Å². The maximum absolute atomic E-state index is 12.3. The Morgan fingerprint density at radius 1 is 1.71 bits per heavy atom. The summed E-state index contributed by atoms with van der Waals surface area (Å²) in [4.78, 5) is 14.1. The van der Waals surface area contributed by atoms with E-state index < -0.39 is 0 Å². The van der Waals surface area contributed by atoms with Crippen LogP contribution in [0.5, 0.6) is 0 Å². The van der Waals surface area contributed by atoms with Crippen LogP contribution in [0.15, 0.2) is 6.20 Å². The topological polar surface area (TPSA) is 73.4 Å². The smallest absolute Gasteiger partial charge is 0.274 e. The third kappa shape index (κ3) is 2.12. The average molecular weight is 238 g/mol. The molecule has 1 atom stereocenters. The summed E-state index contributed by atoms with van der Waals surface area (Å²) in [6.45, 7) is 3.92. The first-order chi connectivity index (χ1) is 8.17. The molecule has 1 aliphatic heterocycles. The van der Waals surface area contributed by atoms with Crippen LogP contribution in [0.25, 0.3) is 0 Å². The zero-order valence-corrected chi connectivity index (χ0v) is 10.2. The average Bonchev–Trinajstić information content (AvgIpc) is 2.94. The van der Waals surface area contributed by atoms with Crippen molar-refractivity contribution in [3.63, 3.8) is 0 Å². The van der Waals surface area contributed by atoms with Crippen LogP contribution in [-0.4, -0.2) is 46.9 Å². The highest BCUT2D eigenvalue weighted by Gasteiger charge is 2.29. The summed E-state index contributed by atoms with van der Waals surface area (Å²) in [5.41, 5.74) is 6.72. The lowest BCUT2D eigenvalue weighted by Crippen LogP contribution is -2.32. The number of hydrogen-bond acceptors (Lipinski definition) is 4. The Balaban J connectivity index is 2.17. The monoisotopic (exact) mass is 238 g/mol. The predicted molar refractivity (Wildman–Crippen MR) is 63.6 cm³/mol. The van der Waals surface area contributed by atoms with Crippen molar-refractivity contribution < 1.29 is 9.53 Å². The molecular formula is C11H18N4O2. The summed E-state index contributed by atoms with van der Waals surface area (Å²) < 4.78 is 6.88. The Hall–Kier alpha value is -1.56. The van der Waals surface area contributed by atoms with E-state index in [1.165, 1.54) is 6.20 Å². The molecule has 1 aliphatic rings. The molecule has 0 saturated carbocycles. The van der Waals surface area contributed by atoms with E-state index in [0.29, 0.717) is 31.0 Å². The second kappa shape index (κ2) is 4.75. The number of carbonyl (C=O) groups is 1. The van der Waals surface area contributed by atoms with Crippen molar-refractivity contribution in [1.82, 2.24) is 14.7 Å². The normalized spacial score (nSPS) is 19.9. The SMILES string of the molecule is CCn1ncc(N)c1C(=O)N1CCC(OC)C1. The van der Waals surface area contributed by atoms with E-state index in [-0.39, 0.29) is 12.0 Å². The molecule has 0 aliphatic carbocycles. The van der Waals surface area contributed by atoms with Gasteiger partial charge in [0.1, 0.15) is 5.69 Å². The van der Waals surface area contributed by atoms with E-state index in [2.05, 4.69) is 5.10 Å². The molecule has 2 N–H and O–H groups in total. The molecule has 1 saturated heterocycles. The van der Waals surface area contributed by atoms with Crippen LogP contribution in [0.1, 0.15) is 23.8 Å². The Morgan fingerprint density at radius 2 is 2.47 bits per heavy atom. The summed E-state index contributed by atoms with van der Waals surface area (Å²) in [6, 6.07) is 0. The van der Waals surface area contributed by atoms with Crippen molar-refractivity contribution in [1.29, 1.82) is 0 Å². The quantitative estimate of drug-likeness (QED) is 0.824. The number of aryl methyl sites for hydroxylation is 1. The molecule has 0 bridgehead atoms. The minimum Gasteiger partial charge on any atom is -0.396 e. The van der Waals surface area contributed by atoms with Gasteiger partial charge in [-0.2, -0.15) is 5.10 Å². The second-order valence-corrected chi connectivity index (χ2v) is 4.16. The number of nitrogens with two attached hydrogens (primary N) is 1. The fourth-order valence-electron chi connectivity index (χ4n) is 2.13. The zero-order valence-electron chi connectivity index (χ0n) is 10.2. The molecule has 1 fully saturated rings. The summed E-state index contributed by atoms with van der Waals surface area (Å²) in [5, 5.41) is 4.08. The largest absolute Gasteiger partial charge is 0.396 e. The number of carbonyl (C=O) groups excluding carboxylic acids is 1. The molecule has 1 aromatic rings. The van der Waals surface area contributed by atoms with Gasteiger partial charge < -0.3 is 15.4 Å². The summed E-state index contributed by atoms with van der Waals surface area (Å²) in [6.07, 6.45) is 2.54. The van der Waals surface area contributed by atoms with Gasteiger partial charge in [-0.05, 0) is 13.3 Å². The Kier molecular flexibility index (Phi) is 3.33. The van der Waals surface area contributed by atoms with Crippen molar-refractivity contribution in [2.45, 2.75) is 26.0 Å². The molecule has 6 nitrogen and oxygen atoms in total. The molecule has 17 heavy (non-hydrogen) atoms. The van der Waals surface area contributed by atoms with Gasteiger partial charge in [0.05, 0.1) is 18.0 Å². The Labute approximate surface area is 100 Å². The highest BCUT2D eigenvalue weighted by Crippen LogP contribution is 2.19. The molecule has 1 unspecified atom stereocenters. The molecule has 0 spiro atoms. The van der Waals surface area contributed by atoms with Gasteiger partial charge in [0.25, 0.3) is 5.91 Å². The van der Waals surface area contributed by atoms with Gasteiger partial charge in [-0.15, -0.1) is 0 Å². The Bertz CT molecular complexity index is 416. The number of aromatic nitrogens is 2. The predicted octanol–water partition coefficient (Wildman–Crippen LogP) is 0.346. The first kappa shape index (κ1) is 11.9. The van der Waals surface area contributed by atoms with Crippen molar-refractivity contribution in [2.24, 2.45) is 0 Å². The third-order valence-electron chi connectivity index (χ3n) is 3.14. The van der Waals surface area contributed by atoms with Gasteiger partial charge in [-0.1, -0.05) is 0 Å². The minimum atomic E-state index is -0.0543. The number of nitrogen functional groups attached to an aromatic ring is 1. The van der Waals surface area contributed by atoms with E-state index in [0.717, 1.165) is 6.42 Å². The second-order valence-electron chi connectivity index (χ2n) is 4.16. The molecule has 6 heteroatoms. The number of rotatable bonds is 3. The van der Waals surface area contributed by atoms with Crippen LogP contribution in [0.4, 0.5) is 5.69 Å². The van der Waals surface area contributed by atoms with Crippen molar-refractivity contribution >= 4 is 11.6 Å². The minimum absolute atomic E-state index is 0.0543. The van der Waals surface area contributed by atoms with Crippen LogP contribution in [0.3, 0.4) is 0 Å². The molecular weight excluding hydrogens is 220 g/mol. The van der Waals surface area contributed by atoms with E-state index >= 15 is 0 Å². The van der Waals surface area contributed by atoms with Gasteiger partial charge in [0.2, 0.25) is 0 Å². The van der Waals surface area contributed by atoms with Gasteiger partial charge in [-0.25, -0.2) is 0 Å². The van der Waals surface area contributed by atoms with Gasteiger partial charge in [0.15, 0.2) is 0 Å². The first-order valence-electron chi connectivity index (χ1n) is 5.80. The number of amides is 1. The Morgan fingerprint density at radius 3 is 3.06 bits per heavy atom. The lowest BCUT2D eigenvalue weighted by molar-refractivity contribution is 0.0714. The summed E-state index contributed by atoms with van der Waals surface area (Å²) in [7, 11) is 1.67. The van der Waals surface area contributed by atoms with E-state index in [1.54, 1.807) is 16.7 Å². The maximum Gasteiger partial charge on any atom is 0.274 e. The number of anilines is 1. The first-order valence-corrected chi connectivity index (χ1v) is 5.80. The molecule has 2 heterocycles. The van der Waals surface area contributed by atoms with E-state index in [9.17, 15) is 4.79 Å². The molecule has 1 aromatic heterocycles. The molecule has 94 valence electrons. The number of nitrogens with zero attached hydrogens (tertiary/aromatic N) is 3. The fraction of sp³-hybridized carbons (Fsp3) is 0.636. The van der Waals surface area contributed by atoms with Crippen molar-refractivity contribution in [3.05, 3.63) is 11.9 Å². The highest BCUT2D eigenvalue weighted by atomic mass is 16.5. The molecule has 0 radical (unpaired) electrons. The van der Waals surface area contributed by atoms with Crippen LogP contribution in [-0.2, 0) is 11.3 Å². The van der Waals surface area contributed by atoms with Gasteiger partial charge in [-0.3, -0.25) is 9.48 Å². The maximum atomic E-state index is 12.3. The number of likely N-dealkylation sites (tertiary alicyclic amines) is 1. The van der Waals surface area contributed by atoms with E-state index in [1.807, 2.05) is 6.92 Å². The van der Waals surface area contributed by atoms with Gasteiger partial charge in [0, 0.05) is 26.7 Å². The molecule has 0 aromatic carbocycles. The lowest BCUT2D eigenvalue weighted by Gasteiger charge is -2.17. The fourth-order valence-corrected chi connectivity index (χ4v) is 2.13.